The molecule has 0 spiro atoms. The van der Waals surface area contributed by atoms with Crippen LogP contribution in [-0.2, 0) is 19.0 Å². The first kappa shape index (κ1) is 11.1. The van der Waals surface area contributed by atoms with Crippen LogP contribution >= 0.6 is 0 Å². The molecule has 14 heavy (non-hydrogen) atoms. The molecule has 77 valence electrons. The summed E-state index contributed by atoms with van der Waals surface area (Å²) in [6.45, 7) is 3.63. The molecule has 0 aliphatic heterocycles. The molecule has 0 amide bonds. The highest BCUT2D eigenvalue weighted by Gasteiger charge is 2.32. The van der Waals surface area contributed by atoms with Gasteiger partial charge in [0.25, 0.3) is 0 Å². The lowest BCUT2D eigenvalue weighted by Crippen LogP contribution is -2.09. The van der Waals surface area contributed by atoms with Crippen molar-refractivity contribution in [2.75, 3.05) is 0 Å². The second-order valence-corrected chi connectivity index (χ2v) is 3.10. The van der Waals surface area contributed by atoms with Gasteiger partial charge in [-0.2, -0.15) is 13.2 Å². The maximum absolute atomic E-state index is 12.5. The number of hydrogen-bond donors (Lipinski definition) is 0. The highest BCUT2D eigenvalue weighted by atomic mass is 19.4. The van der Waals surface area contributed by atoms with Gasteiger partial charge in [-0.05, 0) is 36.1 Å². The summed E-state index contributed by atoms with van der Waals surface area (Å²) in [6, 6.07) is 5.29. The minimum absolute atomic E-state index is 0.355. The van der Waals surface area contributed by atoms with Crippen LogP contribution < -0.4 is 0 Å². The van der Waals surface area contributed by atoms with Gasteiger partial charge >= 0.3 is 6.18 Å². The van der Waals surface area contributed by atoms with Gasteiger partial charge in [-0.15, -0.1) is 0 Å². The Kier molecular flexibility index (Phi) is 3.19. The summed E-state index contributed by atoms with van der Waals surface area (Å²) in [5.74, 6) is 0. The lowest BCUT2D eigenvalue weighted by Gasteiger charge is -2.12. The third kappa shape index (κ3) is 2.28. The number of aryl methyl sites for hydroxylation is 2. The Morgan fingerprint density at radius 1 is 1.21 bits per heavy atom. The Morgan fingerprint density at radius 3 is 2.29 bits per heavy atom. The lowest BCUT2D eigenvalue weighted by atomic mass is 10.0. The largest absolute Gasteiger partial charge is 0.416 e. The van der Waals surface area contributed by atoms with Crippen molar-refractivity contribution in [3.63, 3.8) is 0 Å². The maximum Gasteiger partial charge on any atom is 0.416 e. The van der Waals surface area contributed by atoms with Crippen LogP contribution in [0.5, 0.6) is 0 Å². The Labute approximate surface area is 81.8 Å². The highest BCUT2D eigenvalue weighted by molar-refractivity contribution is 5.33. The average molecular weight is 201 g/mol. The van der Waals surface area contributed by atoms with Crippen molar-refractivity contribution >= 4 is 0 Å². The van der Waals surface area contributed by atoms with E-state index < -0.39 is 11.7 Å². The van der Waals surface area contributed by atoms with Gasteiger partial charge < -0.3 is 0 Å². The summed E-state index contributed by atoms with van der Waals surface area (Å²) in [5.41, 5.74) is 0.625. The van der Waals surface area contributed by atoms with Gasteiger partial charge in [0.1, 0.15) is 0 Å². The molecule has 1 aromatic carbocycles. The van der Waals surface area contributed by atoms with Crippen LogP contribution in [-0.4, -0.2) is 0 Å². The second kappa shape index (κ2) is 4.03. The van der Waals surface area contributed by atoms with E-state index in [1.54, 1.807) is 13.0 Å². The van der Waals surface area contributed by atoms with Crippen molar-refractivity contribution in [1.29, 1.82) is 0 Å². The van der Waals surface area contributed by atoms with Gasteiger partial charge in [0.05, 0.1) is 5.56 Å². The van der Waals surface area contributed by atoms with Crippen molar-refractivity contribution in [2.45, 2.75) is 32.9 Å². The molecule has 0 bridgehead atoms. The number of halogens is 3. The Morgan fingerprint density at radius 2 is 1.86 bits per heavy atom. The fourth-order valence-corrected chi connectivity index (χ4v) is 1.35. The van der Waals surface area contributed by atoms with Gasteiger partial charge in [0.15, 0.2) is 0 Å². The molecule has 0 aliphatic carbocycles. The number of alkyl halides is 3. The van der Waals surface area contributed by atoms with E-state index >= 15 is 0 Å². The summed E-state index contributed by atoms with van der Waals surface area (Å²) >= 11 is 0. The van der Waals surface area contributed by atoms with Crippen LogP contribution in [0.25, 0.3) is 0 Å². The van der Waals surface area contributed by atoms with E-state index in [1.807, 2.05) is 6.92 Å². The summed E-state index contributed by atoms with van der Waals surface area (Å²) in [4.78, 5) is 0. The molecule has 0 saturated carbocycles. The van der Waals surface area contributed by atoms with Gasteiger partial charge in [0.2, 0.25) is 0 Å². The predicted molar refractivity (Wildman–Crippen MR) is 49.0 cm³/mol. The smallest absolute Gasteiger partial charge is 0.166 e. The molecule has 0 aromatic heterocycles. The van der Waals surface area contributed by atoms with Gasteiger partial charge in [-0.1, -0.05) is 19.9 Å². The Balaban J connectivity index is 3.18. The monoisotopic (exact) mass is 201 g/mol. The first-order chi connectivity index (χ1) is 6.49. The van der Waals surface area contributed by atoms with Crippen LogP contribution in [0, 0.1) is 6.07 Å². The van der Waals surface area contributed by atoms with Gasteiger partial charge in [0, 0.05) is 0 Å². The van der Waals surface area contributed by atoms with E-state index in [2.05, 4.69) is 6.07 Å². The van der Waals surface area contributed by atoms with E-state index in [1.165, 1.54) is 0 Å². The Hall–Kier alpha value is -0.990. The summed E-state index contributed by atoms with van der Waals surface area (Å²) in [7, 11) is 0. The lowest BCUT2D eigenvalue weighted by molar-refractivity contribution is -0.138. The van der Waals surface area contributed by atoms with Crippen LogP contribution in [0.4, 0.5) is 13.2 Å². The zero-order valence-electron chi connectivity index (χ0n) is 8.20. The summed E-state index contributed by atoms with van der Waals surface area (Å²) < 4.78 is 37.4. The fourth-order valence-electron chi connectivity index (χ4n) is 1.35. The molecule has 3 heteroatoms. The number of rotatable bonds is 2. The van der Waals surface area contributed by atoms with Crippen molar-refractivity contribution in [3.8, 4) is 0 Å². The molecular weight excluding hydrogens is 189 g/mol. The van der Waals surface area contributed by atoms with E-state index in [9.17, 15) is 13.2 Å². The average Bonchev–Trinajstić information content (AvgIpc) is 2.15. The fraction of sp³-hybridized carbons (Fsp3) is 0.455. The summed E-state index contributed by atoms with van der Waals surface area (Å²) in [5, 5.41) is 0. The molecule has 1 radical (unpaired) electrons. The van der Waals surface area contributed by atoms with Crippen molar-refractivity contribution < 1.29 is 13.2 Å². The number of hydrogen-bond acceptors (Lipinski definition) is 0. The normalized spacial score (nSPS) is 11.8. The molecule has 0 nitrogen and oxygen atoms in total. The second-order valence-electron chi connectivity index (χ2n) is 3.10. The van der Waals surface area contributed by atoms with Crippen LogP contribution in [0.3, 0.4) is 0 Å². The van der Waals surface area contributed by atoms with Crippen LogP contribution in [0.1, 0.15) is 30.5 Å². The van der Waals surface area contributed by atoms with Crippen molar-refractivity contribution in [3.05, 3.63) is 34.9 Å². The highest BCUT2D eigenvalue weighted by Crippen LogP contribution is 2.32. The molecule has 0 fully saturated rings. The van der Waals surface area contributed by atoms with E-state index in [-0.39, 0.29) is 0 Å². The quantitative estimate of drug-likeness (QED) is 0.685. The van der Waals surface area contributed by atoms with E-state index in [4.69, 9.17) is 0 Å². The van der Waals surface area contributed by atoms with Gasteiger partial charge in [-0.25, -0.2) is 0 Å². The molecule has 1 aromatic rings. The molecule has 0 aliphatic rings. The first-order valence-electron chi connectivity index (χ1n) is 4.59. The predicted octanol–water partition coefficient (Wildman–Crippen LogP) is 3.63. The topological polar surface area (TPSA) is 0 Å². The third-order valence-corrected chi connectivity index (χ3v) is 2.16. The Bertz CT molecular complexity index is 313. The third-order valence-electron chi connectivity index (χ3n) is 2.16. The zero-order chi connectivity index (χ0) is 10.8. The zero-order valence-corrected chi connectivity index (χ0v) is 8.20. The first-order valence-corrected chi connectivity index (χ1v) is 4.59. The molecule has 0 N–H and O–H groups in total. The van der Waals surface area contributed by atoms with Crippen molar-refractivity contribution in [2.24, 2.45) is 0 Å². The van der Waals surface area contributed by atoms with E-state index in [0.717, 1.165) is 11.6 Å². The SMILES string of the molecule is CCc1[c]cc(C(F)(F)F)c(CC)c1. The standard InChI is InChI=1S/C11H12F3/c1-3-8-5-6-10(11(12,13)14)9(4-2)7-8/h6-7H,3-4H2,1-2H3. The molecular formula is C11H12F3. The minimum Gasteiger partial charge on any atom is -0.166 e. The molecule has 0 heterocycles. The van der Waals surface area contributed by atoms with Crippen LogP contribution in [0.15, 0.2) is 12.1 Å². The van der Waals surface area contributed by atoms with Gasteiger partial charge in [-0.3, -0.25) is 0 Å². The number of benzene rings is 1. The van der Waals surface area contributed by atoms with E-state index in [0.29, 0.717) is 18.4 Å². The van der Waals surface area contributed by atoms with Crippen LogP contribution in [0.2, 0.25) is 0 Å². The maximum atomic E-state index is 12.5. The summed E-state index contributed by atoms with van der Waals surface area (Å²) in [6.07, 6.45) is -3.14. The minimum atomic E-state index is -4.26. The molecule has 0 atom stereocenters. The molecule has 0 saturated heterocycles. The van der Waals surface area contributed by atoms with Crippen molar-refractivity contribution in [1.82, 2.24) is 0 Å². The molecule has 0 unspecified atom stereocenters. The molecule has 1 rings (SSSR count).